The SMILES string of the molecule is Cc1c(C(=O)NCCN2CCOCC2)ccc2nn(C3C4CCN(C(=O)c5ccc(Oc6ccc(F)cc6)cc5)C3C4)cc12. The number of amides is 2. The number of aromatic nitrogens is 2. The first kappa shape index (κ1) is 28.5. The first-order valence-corrected chi connectivity index (χ1v) is 15.4. The average molecular weight is 598 g/mol. The lowest BCUT2D eigenvalue weighted by Gasteiger charge is -2.55. The number of benzene rings is 3. The molecule has 2 bridgehead atoms. The fraction of sp³-hybridized carbons (Fsp3) is 0.382. The van der Waals surface area contributed by atoms with Gasteiger partial charge in [-0.05, 0) is 91.9 Å². The molecule has 3 aliphatic rings. The number of nitrogens with one attached hydrogen (secondary N) is 1. The maximum Gasteiger partial charge on any atom is 0.254 e. The van der Waals surface area contributed by atoms with Gasteiger partial charge in [0.2, 0.25) is 0 Å². The molecule has 228 valence electrons. The number of likely N-dealkylation sites (tertiary alicyclic amines) is 1. The second-order valence-electron chi connectivity index (χ2n) is 11.9. The Morgan fingerprint density at radius 1 is 1.00 bits per heavy atom. The van der Waals surface area contributed by atoms with Crippen LogP contribution in [0.3, 0.4) is 0 Å². The lowest BCUT2D eigenvalue weighted by molar-refractivity contribution is -0.0349. The molecule has 7 rings (SSSR count). The van der Waals surface area contributed by atoms with Crippen molar-refractivity contribution in [2.24, 2.45) is 5.92 Å². The Balaban J connectivity index is 1.02. The maximum atomic E-state index is 13.6. The zero-order chi connectivity index (χ0) is 30.2. The van der Waals surface area contributed by atoms with Crippen molar-refractivity contribution in [1.29, 1.82) is 0 Å². The van der Waals surface area contributed by atoms with Gasteiger partial charge in [0.05, 0.1) is 30.8 Å². The molecule has 10 heteroatoms. The number of morpholine rings is 1. The van der Waals surface area contributed by atoms with Crippen LogP contribution in [0.5, 0.6) is 11.5 Å². The third-order valence-corrected chi connectivity index (χ3v) is 9.32. The van der Waals surface area contributed by atoms with Gasteiger partial charge in [-0.2, -0.15) is 5.10 Å². The minimum Gasteiger partial charge on any atom is -0.457 e. The van der Waals surface area contributed by atoms with Gasteiger partial charge in [-0.25, -0.2) is 4.39 Å². The molecule has 1 N–H and O–H groups in total. The zero-order valence-corrected chi connectivity index (χ0v) is 24.7. The fourth-order valence-electron chi connectivity index (χ4n) is 6.79. The highest BCUT2D eigenvalue weighted by Gasteiger charge is 2.51. The van der Waals surface area contributed by atoms with Gasteiger partial charge in [-0.1, -0.05) is 0 Å². The topological polar surface area (TPSA) is 88.9 Å². The Morgan fingerprint density at radius 2 is 1.73 bits per heavy atom. The van der Waals surface area contributed by atoms with Crippen molar-refractivity contribution in [1.82, 2.24) is 24.9 Å². The molecule has 4 aromatic rings. The number of carbonyl (C=O) groups excluding carboxylic acids is 2. The molecule has 9 nitrogen and oxygen atoms in total. The molecule has 1 aliphatic carbocycles. The van der Waals surface area contributed by atoms with Gasteiger partial charge in [0, 0.05) is 55.4 Å². The lowest BCUT2D eigenvalue weighted by Crippen LogP contribution is -2.60. The molecule has 3 aromatic carbocycles. The summed E-state index contributed by atoms with van der Waals surface area (Å²) in [5.74, 6) is 1.18. The van der Waals surface area contributed by atoms with E-state index >= 15 is 0 Å². The van der Waals surface area contributed by atoms with Crippen molar-refractivity contribution in [2.45, 2.75) is 31.8 Å². The summed E-state index contributed by atoms with van der Waals surface area (Å²) in [6, 6.07) is 16.9. The number of fused-ring (bicyclic) bond motifs is 3. The second kappa shape index (κ2) is 12.0. The van der Waals surface area contributed by atoms with Crippen molar-refractivity contribution >= 4 is 22.7 Å². The van der Waals surface area contributed by atoms with E-state index in [1.807, 2.05) is 28.6 Å². The normalized spacial score (nSPS) is 21.6. The number of piperidine rings is 2. The Labute approximate surface area is 255 Å². The molecular weight excluding hydrogens is 561 g/mol. The summed E-state index contributed by atoms with van der Waals surface area (Å²) in [5.41, 5.74) is 3.03. The van der Waals surface area contributed by atoms with Gasteiger partial charge in [0.15, 0.2) is 0 Å². The molecule has 1 aromatic heterocycles. The summed E-state index contributed by atoms with van der Waals surface area (Å²) in [5, 5.41) is 8.95. The smallest absolute Gasteiger partial charge is 0.254 e. The minimum absolute atomic E-state index is 0.00425. The first-order valence-electron chi connectivity index (χ1n) is 15.4. The van der Waals surface area contributed by atoms with Crippen molar-refractivity contribution in [3.05, 3.63) is 89.4 Å². The number of aryl methyl sites for hydroxylation is 1. The standard InChI is InChI=1S/C34H36FN5O4/c1-22-28(33(41)36-13-15-38-16-18-43-19-17-38)10-11-30-29(22)21-40(37-30)32-24-12-14-39(31(32)20-24)34(42)23-2-6-26(7-3-23)44-27-8-4-25(35)5-9-27/h2-11,21,24,31-32H,12-20H2,1H3,(H,36,41). The van der Waals surface area contributed by atoms with E-state index in [0.29, 0.717) is 41.6 Å². The molecule has 3 fully saturated rings. The molecular formula is C34H36FN5O4. The van der Waals surface area contributed by atoms with E-state index in [2.05, 4.69) is 16.4 Å². The molecule has 44 heavy (non-hydrogen) atoms. The highest BCUT2D eigenvalue weighted by Crippen LogP contribution is 2.48. The van der Waals surface area contributed by atoms with Crippen LogP contribution in [0.4, 0.5) is 4.39 Å². The van der Waals surface area contributed by atoms with Crippen molar-refractivity contribution in [3.8, 4) is 11.5 Å². The van der Waals surface area contributed by atoms with Gasteiger partial charge in [-0.15, -0.1) is 0 Å². The van der Waals surface area contributed by atoms with Crippen LogP contribution in [-0.2, 0) is 4.74 Å². The molecule has 0 spiro atoms. The van der Waals surface area contributed by atoms with E-state index in [9.17, 15) is 14.0 Å². The highest BCUT2D eigenvalue weighted by molar-refractivity contribution is 6.00. The third kappa shape index (κ3) is 5.55. The lowest BCUT2D eigenvalue weighted by atomic mass is 9.68. The number of halogens is 1. The average Bonchev–Trinajstić information content (AvgIpc) is 3.47. The molecule has 0 radical (unpaired) electrons. The van der Waals surface area contributed by atoms with Gasteiger partial charge < -0.3 is 19.7 Å². The van der Waals surface area contributed by atoms with Gasteiger partial charge >= 0.3 is 0 Å². The fourth-order valence-corrected chi connectivity index (χ4v) is 6.79. The van der Waals surface area contributed by atoms with Gasteiger partial charge in [-0.3, -0.25) is 19.2 Å². The van der Waals surface area contributed by atoms with Crippen molar-refractivity contribution in [2.75, 3.05) is 45.9 Å². The number of ether oxygens (including phenoxy) is 2. The number of hydrogen-bond acceptors (Lipinski definition) is 6. The van der Waals surface area contributed by atoms with Crippen LogP contribution in [0, 0.1) is 18.7 Å². The highest BCUT2D eigenvalue weighted by atomic mass is 19.1. The zero-order valence-electron chi connectivity index (χ0n) is 24.7. The monoisotopic (exact) mass is 597 g/mol. The quantitative estimate of drug-likeness (QED) is 0.314. The van der Waals surface area contributed by atoms with E-state index in [0.717, 1.165) is 62.2 Å². The predicted molar refractivity (Wildman–Crippen MR) is 164 cm³/mol. The van der Waals surface area contributed by atoms with Crippen LogP contribution in [0.2, 0.25) is 0 Å². The first-order chi connectivity index (χ1) is 21.4. The van der Waals surface area contributed by atoms with Crippen LogP contribution >= 0.6 is 0 Å². The number of rotatable bonds is 8. The van der Waals surface area contributed by atoms with Crippen LogP contribution in [0.1, 0.15) is 45.2 Å². The Morgan fingerprint density at radius 3 is 2.45 bits per heavy atom. The van der Waals surface area contributed by atoms with Gasteiger partial charge in [0.1, 0.15) is 17.3 Å². The number of hydrogen-bond donors (Lipinski definition) is 1. The van der Waals surface area contributed by atoms with Crippen LogP contribution < -0.4 is 10.1 Å². The summed E-state index contributed by atoms with van der Waals surface area (Å²) in [6.45, 7) is 7.37. The van der Waals surface area contributed by atoms with E-state index in [1.54, 1.807) is 36.4 Å². The summed E-state index contributed by atoms with van der Waals surface area (Å²) in [6.07, 6.45) is 3.92. The Bertz CT molecular complexity index is 1660. The summed E-state index contributed by atoms with van der Waals surface area (Å²) in [7, 11) is 0. The van der Waals surface area contributed by atoms with E-state index < -0.39 is 0 Å². The Hall–Kier alpha value is -4.28. The van der Waals surface area contributed by atoms with E-state index in [1.165, 1.54) is 12.1 Å². The van der Waals surface area contributed by atoms with Crippen molar-refractivity contribution in [3.63, 3.8) is 0 Å². The molecule has 3 atom stereocenters. The van der Waals surface area contributed by atoms with E-state index in [-0.39, 0.29) is 29.7 Å². The molecule has 1 saturated carbocycles. The largest absolute Gasteiger partial charge is 0.457 e. The minimum atomic E-state index is -0.322. The third-order valence-electron chi connectivity index (χ3n) is 9.32. The second-order valence-corrected chi connectivity index (χ2v) is 11.9. The number of carbonyl (C=O) groups is 2. The van der Waals surface area contributed by atoms with E-state index in [4.69, 9.17) is 14.6 Å². The van der Waals surface area contributed by atoms with Crippen LogP contribution in [0.25, 0.3) is 10.9 Å². The Kier molecular flexibility index (Phi) is 7.78. The van der Waals surface area contributed by atoms with Crippen molar-refractivity contribution < 1.29 is 23.5 Å². The molecule has 3 heterocycles. The summed E-state index contributed by atoms with van der Waals surface area (Å²) >= 11 is 0. The maximum absolute atomic E-state index is 13.6. The molecule has 3 unspecified atom stereocenters. The molecule has 2 saturated heterocycles. The molecule has 2 aliphatic heterocycles. The van der Waals surface area contributed by atoms with Gasteiger partial charge in [0.25, 0.3) is 11.8 Å². The summed E-state index contributed by atoms with van der Waals surface area (Å²) < 4.78 is 26.4. The molecule has 2 amide bonds. The predicted octanol–water partition coefficient (Wildman–Crippen LogP) is 4.81. The summed E-state index contributed by atoms with van der Waals surface area (Å²) in [4.78, 5) is 30.9. The van der Waals surface area contributed by atoms with Crippen LogP contribution in [0.15, 0.2) is 66.9 Å². The van der Waals surface area contributed by atoms with Crippen LogP contribution in [-0.4, -0.2) is 83.4 Å². The number of nitrogens with zero attached hydrogens (tertiary/aromatic N) is 4.